The smallest absolute Gasteiger partial charge is 0.257 e. The lowest BCUT2D eigenvalue weighted by Crippen LogP contribution is -2.33. The molecule has 1 amide bonds. The van der Waals surface area contributed by atoms with Crippen molar-refractivity contribution < 1.29 is 9.90 Å². The Balaban J connectivity index is 2.30. The summed E-state index contributed by atoms with van der Waals surface area (Å²) in [5.41, 5.74) is 1.67. The fourth-order valence-corrected chi connectivity index (χ4v) is 1.82. The van der Waals surface area contributed by atoms with Gasteiger partial charge in [0.2, 0.25) is 0 Å². The van der Waals surface area contributed by atoms with Gasteiger partial charge in [-0.2, -0.15) is 5.10 Å². The number of nitrogens with zero attached hydrogens (tertiary/aromatic N) is 3. The van der Waals surface area contributed by atoms with Crippen LogP contribution < -0.4 is 5.32 Å². The molecule has 96 valence electrons. The molecule has 0 aliphatic rings. The van der Waals surface area contributed by atoms with E-state index in [0.29, 0.717) is 23.3 Å². The molecule has 6 nitrogen and oxygen atoms in total. The third-order valence-corrected chi connectivity index (χ3v) is 2.74. The highest BCUT2D eigenvalue weighted by Gasteiger charge is 2.19. The first-order valence-corrected chi connectivity index (χ1v) is 5.85. The van der Waals surface area contributed by atoms with E-state index in [4.69, 9.17) is 5.11 Å². The molecule has 2 aromatic rings. The van der Waals surface area contributed by atoms with Crippen LogP contribution in [0.3, 0.4) is 0 Å². The van der Waals surface area contributed by atoms with E-state index in [9.17, 15) is 4.79 Å². The number of aryl methyl sites for hydroxylation is 1. The van der Waals surface area contributed by atoms with Crippen LogP contribution >= 0.6 is 0 Å². The third kappa shape index (κ3) is 2.33. The lowest BCUT2D eigenvalue weighted by Gasteiger charge is -2.11. The summed E-state index contributed by atoms with van der Waals surface area (Å²) >= 11 is 0. The average molecular weight is 248 g/mol. The molecule has 2 heterocycles. The number of hydrogen-bond donors (Lipinski definition) is 2. The van der Waals surface area contributed by atoms with Crippen molar-refractivity contribution >= 4 is 11.6 Å². The van der Waals surface area contributed by atoms with Gasteiger partial charge < -0.3 is 10.4 Å². The van der Waals surface area contributed by atoms with Crippen LogP contribution in [0.25, 0.3) is 5.65 Å². The van der Waals surface area contributed by atoms with Crippen LogP contribution in [0, 0.1) is 6.92 Å². The molecule has 2 rings (SSSR count). The Bertz CT molecular complexity index is 564. The second kappa shape index (κ2) is 5.14. The summed E-state index contributed by atoms with van der Waals surface area (Å²) in [5.74, 6) is -0.206. The van der Waals surface area contributed by atoms with Crippen LogP contribution in [0.4, 0.5) is 0 Å². The number of aliphatic hydroxyl groups is 1. The van der Waals surface area contributed by atoms with E-state index in [0.717, 1.165) is 0 Å². The number of carbonyl (C=O) groups excluding carboxylic acids is 1. The number of hydrogen-bond acceptors (Lipinski definition) is 4. The van der Waals surface area contributed by atoms with E-state index < -0.39 is 0 Å². The molecule has 1 unspecified atom stereocenters. The van der Waals surface area contributed by atoms with Crippen molar-refractivity contribution in [3.05, 3.63) is 29.7 Å². The molecular formula is C12H16N4O2. The maximum atomic E-state index is 12.1. The number of carbonyl (C=O) groups is 1. The van der Waals surface area contributed by atoms with Gasteiger partial charge in [-0.3, -0.25) is 4.79 Å². The fraction of sp³-hybridized carbons (Fsp3) is 0.417. The van der Waals surface area contributed by atoms with Crippen LogP contribution in [0.1, 0.15) is 29.4 Å². The molecule has 2 aromatic heterocycles. The summed E-state index contributed by atoms with van der Waals surface area (Å²) in [4.78, 5) is 16.3. The summed E-state index contributed by atoms with van der Waals surface area (Å²) in [6.07, 6.45) is 3.91. The highest BCUT2D eigenvalue weighted by atomic mass is 16.3. The van der Waals surface area contributed by atoms with E-state index in [1.807, 2.05) is 6.92 Å². The third-order valence-electron chi connectivity index (χ3n) is 2.74. The molecule has 18 heavy (non-hydrogen) atoms. The molecule has 1 atom stereocenters. The largest absolute Gasteiger partial charge is 0.396 e. The molecular weight excluding hydrogens is 232 g/mol. The van der Waals surface area contributed by atoms with Gasteiger partial charge in [0.25, 0.3) is 5.91 Å². The van der Waals surface area contributed by atoms with E-state index in [2.05, 4.69) is 15.4 Å². The van der Waals surface area contributed by atoms with Crippen molar-refractivity contribution in [2.75, 3.05) is 6.61 Å². The van der Waals surface area contributed by atoms with Gasteiger partial charge in [0.05, 0.1) is 5.69 Å². The highest BCUT2D eigenvalue weighted by molar-refractivity contribution is 6.01. The van der Waals surface area contributed by atoms with Gasteiger partial charge in [-0.1, -0.05) is 0 Å². The lowest BCUT2D eigenvalue weighted by atomic mass is 10.2. The van der Waals surface area contributed by atoms with Gasteiger partial charge in [0.15, 0.2) is 5.65 Å². The van der Waals surface area contributed by atoms with Crippen LogP contribution in [0.2, 0.25) is 0 Å². The number of fused-ring (bicyclic) bond motifs is 1. The Morgan fingerprint density at radius 3 is 3.11 bits per heavy atom. The number of rotatable bonds is 4. The Morgan fingerprint density at radius 1 is 1.61 bits per heavy atom. The SMILES string of the molecule is Cc1nn2cccnc2c1C(=O)NC(C)CCO. The average Bonchev–Trinajstić information content (AvgIpc) is 2.64. The van der Waals surface area contributed by atoms with Crippen molar-refractivity contribution in [3.8, 4) is 0 Å². The standard InChI is InChI=1S/C12H16N4O2/c1-8(4-7-17)14-12(18)10-9(2)15-16-6-3-5-13-11(10)16/h3,5-6,8,17H,4,7H2,1-2H3,(H,14,18). The topological polar surface area (TPSA) is 79.5 Å². The molecule has 0 fully saturated rings. The molecule has 0 aliphatic carbocycles. The van der Waals surface area contributed by atoms with Crippen molar-refractivity contribution in [1.82, 2.24) is 19.9 Å². The summed E-state index contributed by atoms with van der Waals surface area (Å²) in [7, 11) is 0. The van der Waals surface area contributed by atoms with E-state index in [1.165, 1.54) is 0 Å². The maximum absolute atomic E-state index is 12.1. The van der Waals surface area contributed by atoms with Crippen molar-refractivity contribution in [2.24, 2.45) is 0 Å². The van der Waals surface area contributed by atoms with Crippen LogP contribution in [0.15, 0.2) is 18.5 Å². The van der Waals surface area contributed by atoms with Gasteiger partial charge in [0.1, 0.15) is 5.56 Å². The molecule has 0 radical (unpaired) electrons. The summed E-state index contributed by atoms with van der Waals surface area (Å²) < 4.78 is 1.58. The summed E-state index contributed by atoms with van der Waals surface area (Å²) in [6, 6.07) is 1.68. The van der Waals surface area contributed by atoms with Crippen molar-refractivity contribution in [3.63, 3.8) is 0 Å². The lowest BCUT2D eigenvalue weighted by molar-refractivity contribution is 0.0935. The zero-order valence-corrected chi connectivity index (χ0v) is 10.4. The predicted octanol–water partition coefficient (Wildman–Crippen LogP) is 0.538. The summed E-state index contributed by atoms with van der Waals surface area (Å²) in [6.45, 7) is 3.68. The summed E-state index contributed by atoms with van der Waals surface area (Å²) in [5, 5.41) is 15.9. The molecule has 0 bridgehead atoms. The van der Waals surface area contributed by atoms with E-state index >= 15 is 0 Å². The first kappa shape index (κ1) is 12.5. The van der Waals surface area contributed by atoms with Crippen molar-refractivity contribution in [1.29, 1.82) is 0 Å². The first-order chi connectivity index (χ1) is 8.63. The maximum Gasteiger partial charge on any atom is 0.257 e. The fourth-order valence-electron chi connectivity index (χ4n) is 1.82. The molecule has 6 heteroatoms. The van der Waals surface area contributed by atoms with Gasteiger partial charge >= 0.3 is 0 Å². The normalized spacial score (nSPS) is 12.6. The second-order valence-corrected chi connectivity index (χ2v) is 4.24. The number of aliphatic hydroxyl groups excluding tert-OH is 1. The molecule has 2 N–H and O–H groups in total. The van der Waals surface area contributed by atoms with E-state index in [-0.39, 0.29) is 18.6 Å². The highest BCUT2D eigenvalue weighted by Crippen LogP contribution is 2.12. The zero-order chi connectivity index (χ0) is 13.1. The number of nitrogens with one attached hydrogen (secondary N) is 1. The Kier molecular flexibility index (Phi) is 3.57. The zero-order valence-electron chi connectivity index (χ0n) is 10.4. The van der Waals surface area contributed by atoms with Crippen LogP contribution in [-0.2, 0) is 0 Å². The van der Waals surface area contributed by atoms with Gasteiger partial charge in [-0.25, -0.2) is 9.50 Å². The minimum absolute atomic E-state index is 0.0490. The first-order valence-electron chi connectivity index (χ1n) is 5.85. The van der Waals surface area contributed by atoms with Gasteiger partial charge in [-0.15, -0.1) is 0 Å². The predicted molar refractivity (Wildman–Crippen MR) is 66.4 cm³/mol. The minimum Gasteiger partial charge on any atom is -0.396 e. The second-order valence-electron chi connectivity index (χ2n) is 4.24. The minimum atomic E-state index is -0.206. The van der Waals surface area contributed by atoms with Crippen LogP contribution in [0.5, 0.6) is 0 Å². The van der Waals surface area contributed by atoms with Crippen molar-refractivity contribution in [2.45, 2.75) is 26.3 Å². The number of aromatic nitrogens is 3. The number of amides is 1. The van der Waals surface area contributed by atoms with Crippen LogP contribution in [-0.4, -0.2) is 38.3 Å². The molecule has 0 spiro atoms. The monoisotopic (exact) mass is 248 g/mol. The Hall–Kier alpha value is -1.95. The van der Waals surface area contributed by atoms with Gasteiger partial charge in [-0.05, 0) is 26.3 Å². The molecule has 0 aliphatic heterocycles. The molecule has 0 saturated heterocycles. The van der Waals surface area contributed by atoms with E-state index in [1.54, 1.807) is 29.9 Å². The Labute approximate surface area is 105 Å². The quantitative estimate of drug-likeness (QED) is 0.827. The Morgan fingerprint density at radius 2 is 2.39 bits per heavy atom. The molecule has 0 saturated carbocycles. The molecule has 0 aromatic carbocycles. The van der Waals surface area contributed by atoms with Gasteiger partial charge in [0, 0.05) is 25.0 Å².